The minimum atomic E-state index is -0.654. The Labute approximate surface area is 190 Å². The number of aliphatic hydroxyl groups is 1. The summed E-state index contributed by atoms with van der Waals surface area (Å²) in [4.78, 5) is 27.6. The van der Waals surface area contributed by atoms with Gasteiger partial charge in [0.25, 0.3) is 11.7 Å². The fraction of sp³-hybridized carbons (Fsp3) is 0.154. The number of amides is 1. The molecule has 0 aliphatic carbocycles. The first-order valence-corrected chi connectivity index (χ1v) is 10.9. The third-order valence-electron chi connectivity index (χ3n) is 5.53. The highest BCUT2D eigenvalue weighted by molar-refractivity contribution is 9.10. The summed E-state index contributed by atoms with van der Waals surface area (Å²) < 4.78 is 0.899. The van der Waals surface area contributed by atoms with Gasteiger partial charge in [-0.05, 0) is 36.6 Å². The number of aryl methyl sites for hydroxylation is 1. The van der Waals surface area contributed by atoms with Gasteiger partial charge >= 0.3 is 0 Å². The molecule has 3 aromatic carbocycles. The van der Waals surface area contributed by atoms with E-state index in [9.17, 15) is 14.7 Å². The molecular weight excluding hydrogens is 454 g/mol. The summed E-state index contributed by atoms with van der Waals surface area (Å²) in [6, 6.07) is 24.0. The van der Waals surface area contributed by atoms with Crippen LogP contribution in [-0.2, 0) is 16.0 Å². The largest absolute Gasteiger partial charge is 0.507 e. The number of benzene rings is 3. The predicted octanol–water partition coefficient (Wildman–Crippen LogP) is 5.42. The lowest BCUT2D eigenvalue weighted by Gasteiger charge is -2.25. The van der Waals surface area contributed by atoms with Crippen molar-refractivity contribution in [2.45, 2.75) is 19.4 Å². The van der Waals surface area contributed by atoms with Gasteiger partial charge in [-0.1, -0.05) is 88.2 Å². The van der Waals surface area contributed by atoms with Crippen molar-refractivity contribution in [2.75, 3.05) is 6.54 Å². The summed E-state index contributed by atoms with van der Waals surface area (Å²) in [6.45, 7) is 2.33. The quantitative estimate of drug-likeness (QED) is 0.304. The Morgan fingerprint density at radius 2 is 1.58 bits per heavy atom. The number of carbonyl (C=O) groups excluding carboxylic acids is 2. The fourth-order valence-electron chi connectivity index (χ4n) is 3.86. The lowest BCUT2D eigenvalue weighted by atomic mass is 9.95. The zero-order chi connectivity index (χ0) is 22.0. The third kappa shape index (κ3) is 4.32. The average Bonchev–Trinajstić information content (AvgIpc) is 3.04. The molecule has 0 spiro atoms. The van der Waals surface area contributed by atoms with Crippen LogP contribution in [-0.4, -0.2) is 28.2 Å². The number of halogens is 1. The number of nitrogens with zero attached hydrogens (tertiary/aromatic N) is 1. The maximum Gasteiger partial charge on any atom is 0.295 e. The summed E-state index contributed by atoms with van der Waals surface area (Å²) in [6.07, 6.45) is 0.617. The molecule has 3 aromatic rings. The highest BCUT2D eigenvalue weighted by Crippen LogP contribution is 2.39. The smallest absolute Gasteiger partial charge is 0.295 e. The van der Waals surface area contributed by atoms with Crippen LogP contribution in [0.5, 0.6) is 0 Å². The SMILES string of the molecule is Cc1ccc(/C(O)=C2\C(=O)C(=O)N(CCc3ccccc3)C2c2ccc(Br)cc2)cc1. The van der Waals surface area contributed by atoms with Crippen molar-refractivity contribution in [1.29, 1.82) is 0 Å². The number of hydrogen-bond acceptors (Lipinski definition) is 3. The van der Waals surface area contributed by atoms with Gasteiger partial charge in [0.2, 0.25) is 0 Å². The number of hydrogen-bond donors (Lipinski definition) is 1. The van der Waals surface area contributed by atoms with Gasteiger partial charge in [0, 0.05) is 16.6 Å². The Morgan fingerprint density at radius 3 is 2.23 bits per heavy atom. The molecule has 1 heterocycles. The van der Waals surface area contributed by atoms with Crippen molar-refractivity contribution < 1.29 is 14.7 Å². The molecule has 1 aliphatic rings. The molecule has 1 aliphatic heterocycles. The molecule has 1 unspecified atom stereocenters. The van der Waals surface area contributed by atoms with E-state index in [1.54, 1.807) is 17.0 Å². The monoisotopic (exact) mass is 475 g/mol. The molecule has 1 N–H and O–H groups in total. The van der Waals surface area contributed by atoms with Crippen molar-refractivity contribution in [3.63, 3.8) is 0 Å². The molecular formula is C26H22BrNO3. The number of rotatable bonds is 5. The standard InChI is InChI=1S/C26H22BrNO3/c1-17-7-9-20(10-8-17)24(29)22-23(19-11-13-21(27)14-12-19)28(26(31)25(22)30)16-15-18-5-3-2-4-6-18/h2-14,23,29H,15-16H2,1H3/b24-22+. The number of Topliss-reactive ketones (excluding diaryl/α,β-unsaturated/α-hetero) is 1. The molecule has 0 saturated carbocycles. The molecule has 1 atom stereocenters. The Bertz CT molecular complexity index is 1140. The van der Waals surface area contributed by atoms with Gasteiger partial charge in [-0.15, -0.1) is 0 Å². The van der Waals surface area contributed by atoms with Crippen LogP contribution in [0.25, 0.3) is 5.76 Å². The van der Waals surface area contributed by atoms with E-state index in [2.05, 4.69) is 15.9 Å². The van der Waals surface area contributed by atoms with E-state index in [1.165, 1.54) is 0 Å². The summed E-state index contributed by atoms with van der Waals surface area (Å²) >= 11 is 3.43. The molecule has 31 heavy (non-hydrogen) atoms. The lowest BCUT2D eigenvalue weighted by Crippen LogP contribution is -2.31. The Hall–Kier alpha value is -3.18. The van der Waals surface area contributed by atoms with Crippen molar-refractivity contribution >= 4 is 33.4 Å². The van der Waals surface area contributed by atoms with Crippen LogP contribution < -0.4 is 0 Å². The molecule has 1 fully saturated rings. The zero-order valence-electron chi connectivity index (χ0n) is 17.1. The van der Waals surface area contributed by atoms with Crippen molar-refractivity contribution in [1.82, 2.24) is 4.90 Å². The van der Waals surface area contributed by atoms with Gasteiger partial charge in [0.1, 0.15) is 5.76 Å². The maximum atomic E-state index is 13.0. The second-order valence-electron chi connectivity index (χ2n) is 7.65. The van der Waals surface area contributed by atoms with E-state index in [4.69, 9.17) is 0 Å². The zero-order valence-corrected chi connectivity index (χ0v) is 18.7. The molecule has 1 amide bonds. The number of carbonyl (C=O) groups is 2. The minimum Gasteiger partial charge on any atom is -0.507 e. The highest BCUT2D eigenvalue weighted by Gasteiger charge is 2.45. The molecule has 5 heteroatoms. The first-order valence-electron chi connectivity index (χ1n) is 10.1. The van der Waals surface area contributed by atoms with Crippen molar-refractivity contribution in [3.8, 4) is 0 Å². The van der Waals surface area contributed by atoms with Crippen molar-refractivity contribution in [3.05, 3.63) is 111 Å². The van der Waals surface area contributed by atoms with Gasteiger partial charge in [0.15, 0.2) is 0 Å². The number of ketones is 1. The Kier molecular flexibility index (Phi) is 6.05. The summed E-state index contributed by atoms with van der Waals surface area (Å²) in [7, 11) is 0. The summed E-state index contributed by atoms with van der Waals surface area (Å²) in [5.41, 5.74) is 3.56. The molecule has 1 saturated heterocycles. The maximum absolute atomic E-state index is 13.0. The molecule has 0 bridgehead atoms. The van der Waals surface area contributed by atoms with E-state index < -0.39 is 17.7 Å². The van der Waals surface area contributed by atoms with Crippen LogP contribution in [0, 0.1) is 6.92 Å². The van der Waals surface area contributed by atoms with E-state index >= 15 is 0 Å². The first-order chi connectivity index (χ1) is 15.0. The van der Waals surface area contributed by atoms with Crippen molar-refractivity contribution in [2.24, 2.45) is 0 Å². The molecule has 4 rings (SSSR count). The molecule has 156 valence electrons. The van der Waals surface area contributed by atoms with Crippen LogP contribution in [0.4, 0.5) is 0 Å². The summed E-state index contributed by atoms with van der Waals surface area (Å²) in [5.74, 6) is -1.38. The fourth-order valence-corrected chi connectivity index (χ4v) is 4.13. The van der Waals surface area contributed by atoms with Gasteiger partial charge in [-0.25, -0.2) is 0 Å². The van der Waals surface area contributed by atoms with Crippen LogP contribution in [0.3, 0.4) is 0 Å². The number of likely N-dealkylation sites (tertiary alicyclic amines) is 1. The van der Waals surface area contributed by atoms with Gasteiger partial charge in [-0.3, -0.25) is 9.59 Å². The van der Waals surface area contributed by atoms with Gasteiger partial charge in [0.05, 0.1) is 11.6 Å². The molecule has 0 aromatic heterocycles. The van der Waals surface area contributed by atoms with E-state index in [-0.39, 0.29) is 11.3 Å². The summed E-state index contributed by atoms with van der Waals surface area (Å²) in [5, 5.41) is 11.1. The highest BCUT2D eigenvalue weighted by atomic mass is 79.9. The van der Waals surface area contributed by atoms with Gasteiger partial charge in [-0.2, -0.15) is 0 Å². The minimum absolute atomic E-state index is 0.129. The van der Waals surface area contributed by atoms with E-state index in [1.807, 2.05) is 73.7 Å². The third-order valence-corrected chi connectivity index (χ3v) is 6.06. The average molecular weight is 476 g/mol. The Balaban J connectivity index is 1.78. The van der Waals surface area contributed by atoms with Crippen LogP contribution in [0.15, 0.2) is 88.9 Å². The van der Waals surface area contributed by atoms with Crippen LogP contribution >= 0.6 is 15.9 Å². The topological polar surface area (TPSA) is 57.6 Å². The molecule has 0 radical (unpaired) electrons. The molecule has 4 nitrogen and oxygen atoms in total. The van der Waals surface area contributed by atoms with Crippen LogP contribution in [0.2, 0.25) is 0 Å². The van der Waals surface area contributed by atoms with E-state index in [0.29, 0.717) is 18.5 Å². The first kappa shape index (κ1) is 21.1. The lowest BCUT2D eigenvalue weighted by molar-refractivity contribution is -0.139. The predicted molar refractivity (Wildman–Crippen MR) is 124 cm³/mol. The second-order valence-corrected chi connectivity index (χ2v) is 8.56. The van der Waals surface area contributed by atoms with Gasteiger partial charge < -0.3 is 10.0 Å². The van der Waals surface area contributed by atoms with E-state index in [0.717, 1.165) is 21.2 Å². The number of aliphatic hydroxyl groups excluding tert-OH is 1. The Morgan fingerprint density at radius 1 is 0.935 bits per heavy atom. The second kappa shape index (κ2) is 8.90. The normalized spacial score (nSPS) is 17.9. The van der Waals surface area contributed by atoms with Crippen LogP contribution in [0.1, 0.15) is 28.3 Å².